The summed E-state index contributed by atoms with van der Waals surface area (Å²) in [5.74, 6) is -6.43. The van der Waals surface area contributed by atoms with E-state index in [9.17, 15) is 38.7 Å². The molecule has 15 heteroatoms. The molecular weight excluding hydrogens is 576 g/mol. The van der Waals surface area contributed by atoms with Crippen LogP contribution in [0.5, 0.6) is 0 Å². The summed E-state index contributed by atoms with van der Waals surface area (Å²) in [7, 11) is 0. The van der Waals surface area contributed by atoms with E-state index >= 15 is 0 Å². The fourth-order valence-electron chi connectivity index (χ4n) is 4.73. The molecule has 2 rings (SSSR count). The predicted molar refractivity (Wildman–Crippen MR) is 156 cm³/mol. The van der Waals surface area contributed by atoms with Gasteiger partial charge in [0.25, 0.3) is 0 Å². The van der Waals surface area contributed by atoms with Gasteiger partial charge in [-0.05, 0) is 37.2 Å². The molecule has 0 saturated carbocycles. The highest BCUT2D eigenvalue weighted by Gasteiger charge is 2.38. The SMILES string of the molecule is CC(C)[C@H](N)C(=O)N1CCC[C@H]1C(=O)N[C@@H](Cc1ccccc1)C(=O)N[C@@H](CCC(N)=O)C(=O)N[C@@H](CCC(=O)O)C(=O)O. The lowest BCUT2D eigenvalue weighted by molar-refractivity contribution is -0.143. The van der Waals surface area contributed by atoms with Crippen LogP contribution in [0.2, 0.25) is 0 Å². The number of nitrogens with one attached hydrogen (secondary N) is 3. The summed E-state index contributed by atoms with van der Waals surface area (Å²) < 4.78 is 0. The van der Waals surface area contributed by atoms with Crippen LogP contribution in [0.25, 0.3) is 0 Å². The minimum absolute atomic E-state index is 0.00507. The highest BCUT2D eigenvalue weighted by molar-refractivity contribution is 5.96. The number of amides is 5. The quantitative estimate of drug-likeness (QED) is 0.111. The van der Waals surface area contributed by atoms with Crippen molar-refractivity contribution in [3.8, 4) is 0 Å². The molecule has 1 aliphatic heterocycles. The first-order valence-electron chi connectivity index (χ1n) is 14.4. The summed E-state index contributed by atoms with van der Waals surface area (Å²) in [6.45, 7) is 3.92. The number of carbonyl (C=O) groups is 7. The molecule has 5 amide bonds. The molecule has 15 nitrogen and oxygen atoms in total. The summed E-state index contributed by atoms with van der Waals surface area (Å²) in [4.78, 5) is 88.5. The predicted octanol–water partition coefficient (Wildman–Crippen LogP) is -1.13. The van der Waals surface area contributed by atoms with Gasteiger partial charge in [-0.2, -0.15) is 0 Å². The number of hydrogen-bond donors (Lipinski definition) is 7. The maximum Gasteiger partial charge on any atom is 0.326 e. The van der Waals surface area contributed by atoms with Crippen LogP contribution < -0.4 is 27.4 Å². The second kappa shape index (κ2) is 16.9. The molecule has 1 aromatic rings. The first-order chi connectivity index (χ1) is 20.7. The summed E-state index contributed by atoms with van der Waals surface area (Å²) in [6, 6.07) is 2.80. The number of benzene rings is 1. The number of likely N-dealkylation sites (tertiary alicyclic amines) is 1. The average molecular weight is 619 g/mol. The molecule has 9 N–H and O–H groups in total. The van der Waals surface area contributed by atoms with Crippen molar-refractivity contribution in [1.29, 1.82) is 0 Å². The van der Waals surface area contributed by atoms with E-state index in [4.69, 9.17) is 16.6 Å². The third-order valence-corrected chi connectivity index (χ3v) is 7.33. The zero-order chi connectivity index (χ0) is 33.0. The van der Waals surface area contributed by atoms with Gasteiger partial charge in [-0.3, -0.25) is 28.8 Å². The minimum Gasteiger partial charge on any atom is -0.481 e. The molecule has 1 aromatic carbocycles. The third kappa shape index (κ3) is 10.9. The van der Waals surface area contributed by atoms with E-state index in [0.717, 1.165) is 0 Å². The van der Waals surface area contributed by atoms with E-state index in [2.05, 4.69) is 16.0 Å². The Morgan fingerprint density at radius 1 is 0.886 bits per heavy atom. The fourth-order valence-corrected chi connectivity index (χ4v) is 4.73. The summed E-state index contributed by atoms with van der Waals surface area (Å²) in [5, 5.41) is 25.7. The number of carbonyl (C=O) groups excluding carboxylic acids is 5. The Kier molecular flexibility index (Phi) is 13.7. The Hall–Kier alpha value is -4.53. The van der Waals surface area contributed by atoms with Crippen LogP contribution in [-0.2, 0) is 40.0 Å². The van der Waals surface area contributed by atoms with Crippen molar-refractivity contribution in [3.05, 3.63) is 35.9 Å². The van der Waals surface area contributed by atoms with Crippen molar-refractivity contribution in [2.24, 2.45) is 17.4 Å². The smallest absolute Gasteiger partial charge is 0.326 e. The number of nitrogens with zero attached hydrogens (tertiary/aromatic N) is 1. The van der Waals surface area contributed by atoms with Crippen molar-refractivity contribution in [2.75, 3.05) is 6.54 Å². The molecule has 0 radical (unpaired) electrons. The van der Waals surface area contributed by atoms with Gasteiger partial charge in [-0.15, -0.1) is 0 Å². The average Bonchev–Trinajstić information content (AvgIpc) is 3.46. The standard InChI is InChI=1S/C29H42N6O9/c1-16(2)24(31)28(42)35-14-6-9-21(35)27(41)34-20(15-17-7-4-3-5-8-17)26(40)32-18(10-12-22(30)36)25(39)33-19(29(43)44)11-13-23(37)38/h3-5,7-8,16,18-21,24H,6,9-15,31H2,1-2H3,(H2,30,36)(H,32,40)(H,33,39)(H,34,41)(H,37,38)(H,43,44)/t18-,19-,20-,21-,24-/m0/s1. The zero-order valence-corrected chi connectivity index (χ0v) is 24.9. The monoisotopic (exact) mass is 618 g/mol. The number of carboxylic acid groups (broad SMARTS) is 2. The van der Waals surface area contributed by atoms with Gasteiger partial charge in [0.1, 0.15) is 24.2 Å². The molecule has 0 aromatic heterocycles. The number of carboxylic acids is 2. The van der Waals surface area contributed by atoms with Gasteiger partial charge in [0.2, 0.25) is 29.5 Å². The Labute approximate surface area is 255 Å². The van der Waals surface area contributed by atoms with Crippen molar-refractivity contribution in [3.63, 3.8) is 0 Å². The van der Waals surface area contributed by atoms with Crippen LogP contribution in [0.3, 0.4) is 0 Å². The van der Waals surface area contributed by atoms with E-state index in [0.29, 0.717) is 24.9 Å². The van der Waals surface area contributed by atoms with Gasteiger partial charge in [0.15, 0.2) is 0 Å². The van der Waals surface area contributed by atoms with Crippen molar-refractivity contribution < 1.29 is 43.8 Å². The van der Waals surface area contributed by atoms with E-state index in [1.165, 1.54) is 4.90 Å². The Morgan fingerprint density at radius 2 is 1.48 bits per heavy atom. The molecule has 242 valence electrons. The molecule has 1 fully saturated rings. The number of rotatable bonds is 17. The van der Waals surface area contributed by atoms with E-state index < -0.39 is 78.6 Å². The van der Waals surface area contributed by atoms with E-state index in [1.807, 2.05) is 0 Å². The summed E-state index contributed by atoms with van der Waals surface area (Å²) >= 11 is 0. The van der Waals surface area contributed by atoms with Crippen LogP contribution in [0.4, 0.5) is 0 Å². The lowest BCUT2D eigenvalue weighted by Gasteiger charge is -2.30. The van der Waals surface area contributed by atoms with Crippen LogP contribution in [-0.4, -0.2) is 93.3 Å². The largest absolute Gasteiger partial charge is 0.481 e. The first kappa shape index (κ1) is 35.7. The molecule has 0 aliphatic carbocycles. The highest BCUT2D eigenvalue weighted by Crippen LogP contribution is 2.20. The van der Waals surface area contributed by atoms with Gasteiger partial charge in [0, 0.05) is 25.8 Å². The zero-order valence-electron chi connectivity index (χ0n) is 24.9. The lowest BCUT2D eigenvalue weighted by atomic mass is 10.0. The molecule has 5 atom stereocenters. The van der Waals surface area contributed by atoms with Gasteiger partial charge >= 0.3 is 11.9 Å². The van der Waals surface area contributed by atoms with Gasteiger partial charge < -0.3 is 42.5 Å². The molecular formula is C29H42N6O9. The normalized spacial score (nSPS) is 17.2. The second-order valence-corrected chi connectivity index (χ2v) is 11.1. The summed E-state index contributed by atoms with van der Waals surface area (Å²) in [6.07, 6.45) is -0.658. The van der Waals surface area contributed by atoms with Crippen molar-refractivity contribution in [2.45, 2.75) is 89.0 Å². The van der Waals surface area contributed by atoms with Crippen molar-refractivity contribution >= 4 is 41.5 Å². The second-order valence-electron chi connectivity index (χ2n) is 11.1. The van der Waals surface area contributed by atoms with Crippen LogP contribution in [0, 0.1) is 5.92 Å². The summed E-state index contributed by atoms with van der Waals surface area (Å²) in [5.41, 5.74) is 12.0. The number of aliphatic carboxylic acids is 2. The number of nitrogens with two attached hydrogens (primary N) is 2. The molecule has 0 spiro atoms. The van der Waals surface area contributed by atoms with Gasteiger partial charge in [0.05, 0.1) is 6.04 Å². The fraction of sp³-hybridized carbons (Fsp3) is 0.552. The van der Waals surface area contributed by atoms with Gasteiger partial charge in [-0.25, -0.2) is 4.79 Å². The number of primary amides is 1. The van der Waals surface area contributed by atoms with Crippen LogP contribution in [0.15, 0.2) is 30.3 Å². The first-order valence-corrected chi connectivity index (χ1v) is 14.4. The molecule has 1 aliphatic rings. The van der Waals surface area contributed by atoms with E-state index in [-0.39, 0.29) is 31.1 Å². The molecule has 0 unspecified atom stereocenters. The van der Waals surface area contributed by atoms with Crippen molar-refractivity contribution in [1.82, 2.24) is 20.9 Å². The third-order valence-electron chi connectivity index (χ3n) is 7.33. The maximum absolute atomic E-state index is 13.6. The van der Waals surface area contributed by atoms with E-state index in [1.54, 1.807) is 44.2 Å². The minimum atomic E-state index is -1.57. The Morgan fingerprint density at radius 3 is 2.05 bits per heavy atom. The van der Waals surface area contributed by atoms with Gasteiger partial charge in [-0.1, -0.05) is 44.2 Å². The molecule has 1 saturated heterocycles. The molecule has 1 heterocycles. The van der Waals surface area contributed by atoms with Crippen LogP contribution >= 0.6 is 0 Å². The Balaban J connectivity index is 2.29. The maximum atomic E-state index is 13.6. The molecule has 0 bridgehead atoms. The lowest BCUT2D eigenvalue weighted by Crippen LogP contribution is -2.59. The highest BCUT2D eigenvalue weighted by atomic mass is 16.4. The topological polar surface area (TPSA) is 251 Å². The van der Waals surface area contributed by atoms with Crippen LogP contribution in [0.1, 0.15) is 57.9 Å². The Bertz CT molecular complexity index is 1210. The number of hydrogen-bond acceptors (Lipinski definition) is 8. The molecule has 44 heavy (non-hydrogen) atoms.